The van der Waals surface area contributed by atoms with Crippen molar-refractivity contribution in [3.05, 3.63) is 31.7 Å². The molecule has 1 aliphatic heterocycles. The second-order valence-corrected chi connectivity index (χ2v) is 2.92. The summed E-state index contributed by atoms with van der Waals surface area (Å²) in [4.78, 5) is 2.43. The van der Waals surface area contributed by atoms with Gasteiger partial charge < -0.3 is 0 Å². The fraction of sp³-hybridized carbons (Fsp3) is 0.500. The maximum absolute atomic E-state index is 3.74. The zero-order valence-electron chi connectivity index (χ0n) is 7.00. The van der Waals surface area contributed by atoms with Crippen LogP contribution in [0.2, 0.25) is 0 Å². The molecule has 0 spiro atoms. The summed E-state index contributed by atoms with van der Waals surface area (Å²) in [6, 6.07) is 0.616. The van der Waals surface area contributed by atoms with Crippen molar-refractivity contribution in [1.29, 1.82) is 0 Å². The molecule has 0 aromatic heterocycles. The molecular weight excluding hydrogens is 134 g/mol. The maximum Gasteiger partial charge on any atom is 0.0168 e. The summed E-state index contributed by atoms with van der Waals surface area (Å²) in [6.45, 7) is 9.67. The van der Waals surface area contributed by atoms with Crippen molar-refractivity contribution in [2.24, 2.45) is 0 Å². The fourth-order valence-electron chi connectivity index (χ4n) is 1.62. The number of rotatable bonds is 4. The molecular formula is C10H16N. The SMILES string of the molecule is C=C[CH]C1CCCN1CC=C. The molecule has 61 valence electrons. The third-order valence-electron chi connectivity index (χ3n) is 2.14. The summed E-state index contributed by atoms with van der Waals surface area (Å²) in [6.07, 6.45) is 8.63. The van der Waals surface area contributed by atoms with E-state index >= 15 is 0 Å². The molecule has 0 bridgehead atoms. The van der Waals surface area contributed by atoms with Crippen LogP contribution in [0.1, 0.15) is 12.8 Å². The van der Waals surface area contributed by atoms with Gasteiger partial charge in [0.15, 0.2) is 0 Å². The molecule has 1 fully saturated rings. The van der Waals surface area contributed by atoms with E-state index in [-0.39, 0.29) is 0 Å². The Labute approximate surface area is 69.4 Å². The first-order chi connectivity index (χ1) is 5.38. The lowest BCUT2D eigenvalue weighted by atomic mass is 10.1. The minimum Gasteiger partial charge on any atom is -0.296 e. The minimum atomic E-state index is 0.616. The van der Waals surface area contributed by atoms with Crippen LogP contribution in [0.5, 0.6) is 0 Å². The van der Waals surface area contributed by atoms with Crippen LogP contribution in [0, 0.1) is 6.42 Å². The molecule has 1 saturated heterocycles. The molecule has 0 aromatic rings. The van der Waals surface area contributed by atoms with Crippen LogP contribution in [0.15, 0.2) is 25.3 Å². The first kappa shape index (κ1) is 8.54. The highest BCUT2D eigenvalue weighted by Gasteiger charge is 2.21. The summed E-state index contributed by atoms with van der Waals surface area (Å²) in [5, 5.41) is 0. The average Bonchev–Trinajstić information content (AvgIpc) is 2.39. The summed E-state index contributed by atoms with van der Waals surface area (Å²) in [5.74, 6) is 0. The molecule has 0 saturated carbocycles. The molecule has 1 unspecified atom stereocenters. The van der Waals surface area contributed by atoms with Gasteiger partial charge in [0.25, 0.3) is 0 Å². The van der Waals surface area contributed by atoms with Crippen LogP contribution in [-0.4, -0.2) is 24.0 Å². The Hall–Kier alpha value is -0.560. The van der Waals surface area contributed by atoms with Gasteiger partial charge in [-0.1, -0.05) is 12.2 Å². The molecule has 1 heteroatoms. The normalized spacial score (nSPS) is 25.3. The smallest absolute Gasteiger partial charge is 0.0168 e. The first-order valence-corrected chi connectivity index (χ1v) is 4.19. The van der Waals surface area contributed by atoms with Crippen molar-refractivity contribution in [3.8, 4) is 0 Å². The number of likely N-dealkylation sites (tertiary alicyclic amines) is 1. The molecule has 1 heterocycles. The largest absolute Gasteiger partial charge is 0.296 e. The molecule has 1 rings (SSSR count). The fourth-order valence-corrected chi connectivity index (χ4v) is 1.62. The molecule has 0 amide bonds. The van der Waals surface area contributed by atoms with Gasteiger partial charge in [0.2, 0.25) is 0 Å². The van der Waals surface area contributed by atoms with Gasteiger partial charge in [-0.15, -0.1) is 13.2 Å². The third kappa shape index (κ3) is 2.19. The average molecular weight is 150 g/mol. The van der Waals surface area contributed by atoms with Gasteiger partial charge in [-0.3, -0.25) is 4.90 Å². The van der Waals surface area contributed by atoms with E-state index < -0.39 is 0 Å². The van der Waals surface area contributed by atoms with Crippen molar-refractivity contribution >= 4 is 0 Å². The second-order valence-electron chi connectivity index (χ2n) is 2.92. The van der Waals surface area contributed by atoms with Crippen LogP contribution in [-0.2, 0) is 0 Å². The standard InChI is InChI=1S/C10H16N/c1-3-6-10-7-5-9-11(10)8-4-2/h3-4,6,10H,1-2,5,7-9H2. The number of hydrogen-bond acceptors (Lipinski definition) is 1. The molecule has 0 N–H and O–H groups in total. The van der Waals surface area contributed by atoms with Crippen molar-refractivity contribution in [2.75, 3.05) is 13.1 Å². The van der Waals surface area contributed by atoms with E-state index in [1.54, 1.807) is 0 Å². The lowest BCUT2D eigenvalue weighted by Gasteiger charge is -2.20. The Morgan fingerprint density at radius 1 is 1.45 bits per heavy atom. The van der Waals surface area contributed by atoms with E-state index in [2.05, 4.69) is 24.5 Å². The van der Waals surface area contributed by atoms with E-state index in [9.17, 15) is 0 Å². The van der Waals surface area contributed by atoms with Gasteiger partial charge in [0.05, 0.1) is 0 Å². The molecule has 1 nitrogen and oxygen atoms in total. The lowest BCUT2D eigenvalue weighted by molar-refractivity contribution is 0.312. The van der Waals surface area contributed by atoms with E-state index in [1.165, 1.54) is 19.4 Å². The van der Waals surface area contributed by atoms with Crippen molar-refractivity contribution in [3.63, 3.8) is 0 Å². The third-order valence-corrected chi connectivity index (χ3v) is 2.14. The van der Waals surface area contributed by atoms with Crippen LogP contribution >= 0.6 is 0 Å². The van der Waals surface area contributed by atoms with Gasteiger partial charge in [-0.25, -0.2) is 0 Å². The molecule has 1 atom stereocenters. The summed E-state index contributed by atoms with van der Waals surface area (Å²) in [7, 11) is 0. The molecule has 11 heavy (non-hydrogen) atoms. The van der Waals surface area contributed by atoms with Crippen LogP contribution in [0.4, 0.5) is 0 Å². The van der Waals surface area contributed by atoms with Gasteiger partial charge >= 0.3 is 0 Å². The predicted molar refractivity (Wildman–Crippen MR) is 49.3 cm³/mol. The monoisotopic (exact) mass is 150 g/mol. The zero-order valence-corrected chi connectivity index (χ0v) is 7.00. The number of nitrogens with zero attached hydrogens (tertiary/aromatic N) is 1. The van der Waals surface area contributed by atoms with Gasteiger partial charge in [-0.05, 0) is 25.8 Å². The van der Waals surface area contributed by atoms with Gasteiger partial charge in [-0.2, -0.15) is 0 Å². The Kier molecular flexibility index (Phi) is 3.37. The van der Waals surface area contributed by atoms with E-state index in [1.807, 2.05) is 12.2 Å². The summed E-state index contributed by atoms with van der Waals surface area (Å²) in [5.41, 5.74) is 0. The van der Waals surface area contributed by atoms with Crippen LogP contribution in [0.25, 0.3) is 0 Å². The van der Waals surface area contributed by atoms with Crippen molar-refractivity contribution in [1.82, 2.24) is 4.90 Å². The molecule has 0 aromatic carbocycles. The van der Waals surface area contributed by atoms with E-state index in [0.29, 0.717) is 6.04 Å². The maximum atomic E-state index is 3.74. The lowest BCUT2D eigenvalue weighted by Crippen LogP contribution is -2.29. The molecule has 1 radical (unpaired) electrons. The first-order valence-electron chi connectivity index (χ1n) is 4.19. The molecule has 1 aliphatic rings. The van der Waals surface area contributed by atoms with E-state index in [4.69, 9.17) is 0 Å². The Morgan fingerprint density at radius 3 is 2.91 bits per heavy atom. The van der Waals surface area contributed by atoms with Crippen LogP contribution in [0.3, 0.4) is 0 Å². The Bertz CT molecular complexity index is 124. The summed E-state index contributed by atoms with van der Waals surface area (Å²) >= 11 is 0. The van der Waals surface area contributed by atoms with Crippen molar-refractivity contribution < 1.29 is 0 Å². The predicted octanol–water partition coefficient (Wildman–Crippen LogP) is 2.03. The number of hydrogen-bond donors (Lipinski definition) is 0. The Balaban J connectivity index is 2.36. The Morgan fingerprint density at radius 2 is 2.27 bits per heavy atom. The minimum absolute atomic E-state index is 0.616. The highest BCUT2D eigenvalue weighted by Crippen LogP contribution is 2.18. The van der Waals surface area contributed by atoms with Crippen LogP contribution < -0.4 is 0 Å². The zero-order chi connectivity index (χ0) is 8.10. The van der Waals surface area contributed by atoms with Crippen molar-refractivity contribution in [2.45, 2.75) is 18.9 Å². The second kappa shape index (κ2) is 4.35. The summed E-state index contributed by atoms with van der Waals surface area (Å²) < 4.78 is 0. The quantitative estimate of drug-likeness (QED) is 0.554. The van der Waals surface area contributed by atoms with Gasteiger partial charge in [0, 0.05) is 12.6 Å². The topological polar surface area (TPSA) is 3.24 Å². The van der Waals surface area contributed by atoms with E-state index in [0.717, 1.165) is 6.54 Å². The molecule has 0 aliphatic carbocycles. The highest BCUT2D eigenvalue weighted by atomic mass is 15.2. The highest BCUT2D eigenvalue weighted by molar-refractivity contribution is 5.01. The van der Waals surface area contributed by atoms with Gasteiger partial charge in [0.1, 0.15) is 0 Å².